The predicted octanol–water partition coefficient (Wildman–Crippen LogP) is 2.67. The summed E-state index contributed by atoms with van der Waals surface area (Å²) in [6, 6.07) is 9.39. The molecule has 1 unspecified atom stereocenters. The normalized spacial score (nSPS) is 17.5. The monoisotopic (exact) mass is 423 g/mol. The first kappa shape index (κ1) is 20.8. The second-order valence-electron chi connectivity index (χ2n) is 6.75. The van der Waals surface area contributed by atoms with Crippen molar-refractivity contribution in [3.8, 4) is 0 Å². The van der Waals surface area contributed by atoms with E-state index in [0.717, 1.165) is 18.2 Å². The Morgan fingerprint density at radius 2 is 2.07 bits per heavy atom. The lowest BCUT2D eigenvalue weighted by molar-refractivity contribution is 0.0698. The third-order valence-electron chi connectivity index (χ3n) is 4.38. The summed E-state index contributed by atoms with van der Waals surface area (Å²) in [4.78, 5) is 19.0. The van der Waals surface area contributed by atoms with Gasteiger partial charge in [-0.25, -0.2) is 22.5 Å². The number of nitrogens with zero attached hydrogens (tertiary/aromatic N) is 2. The first-order valence-electron chi connectivity index (χ1n) is 8.90. The number of halogens is 1. The molecule has 1 aliphatic heterocycles. The number of nitrogens with one attached hydrogen (secondary N) is 1. The standard InChI is InChI=1S/C19H22FN3O3S2/c1-28(25,26)22-16-4-3-11-23(12-16)19(24)17-5-2-10-21-18(17)27-13-14-6-8-15(20)9-7-14/h2,5-10,16,22H,3-4,11-13H2,1H3. The van der Waals surface area contributed by atoms with Crippen molar-refractivity contribution in [2.24, 2.45) is 0 Å². The number of rotatable bonds is 6. The molecule has 6 nitrogen and oxygen atoms in total. The molecule has 1 aromatic heterocycles. The van der Waals surface area contributed by atoms with Gasteiger partial charge in [-0.3, -0.25) is 4.79 Å². The largest absolute Gasteiger partial charge is 0.337 e. The van der Waals surface area contributed by atoms with Crippen molar-refractivity contribution in [3.63, 3.8) is 0 Å². The first-order chi connectivity index (χ1) is 13.3. The third kappa shape index (κ3) is 5.76. The second kappa shape index (κ2) is 9.02. The Kier molecular flexibility index (Phi) is 6.69. The number of piperidine rings is 1. The van der Waals surface area contributed by atoms with E-state index < -0.39 is 10.0 Å². The van der Waals surface area contributed by atoms with Crippen LogP contribution in [0.25, 0.3) is 0 Å². The molecule has 9 heteroatoms. The second-order valence-corrected chi connectivity index (χ2v) is 9.50. The van der Waals surface area contributed by atoms with Crippen LogP contribution in [0, 0.1) is 5.82 Å². The Hall–Kier alpha value is -1.97. The molecule has 1 fully saturated rings. The number of likely N-dealkylation sites (tertiary alicyclic amines) is 1. The number of hydrogen-bond donors (Lipinski definition) is 1. The number of carbonyl (C=O) groups is 1. The number of thioether (sulfide) groups is 1. The zero-order valence-electron chi connectivity index (χ0n) is 15.5. The summed E-state index contributed by atoms with van der Waals surface area (Å²) in [5, 5.41) is 0.607. The third-order valence-corrected chi connectivity index (χ3v) is 6.22. The van der Waals surface area contributed by atoms with E-state index in [1.54, 1.807) is 35.4 Å². The van der Waals surface area contributed by atoms with Crippen LogP contribution >= 0.6 is 11.8 Å². The minimum atomic E-state index is -3.32. The minimum Gasteiger partial charge on any atom is -0.337 e. The molecule has 1 saturated heterocycles. The van der Waals surface area contributed by atoms with Gasteiger partial charge in [0.25, 0.3) is 5.91 Å². The van der Waals surface area contributed by atoms with Gasteiger partial charge in [-0.2, -0.15) is 0 Å². The van der Waals surface area contributed by atoms with E-state index in [0.29, 0.717) is 35.9 Å². The minimum absolute atomic E-state index is 0.158. The van der Waals surface area contributed by atoms with Gasteiger partial charge in [-0.1, -0.05) is 12.1 Å². The van der Waals surface area contributed by atoms with Crippen LogP contribution in [0.5, 0.6) is 0 Å². The van der Waals surface area contributed by atoms with Crippen LogP contribution in [0.2, 0.25) is 0 Å². The van der Waals surface area contributed by atoms with Gasteiger partial charge in [0.1, 0.15) is 10.8 Å². The number of benzene rings is 1. The topological polar surface area (TPSA) is 79.4 Å². The van der Waals surface area contributed by atoms with Crippen molar-refractivity contribution < 1.29 is 17.6 Å². The SMILES string of the molecule is CS(=O)(=O)NC1CCCN(C(=O)c2cccnc2SCc2ccc(F)cc2)C1. The Morgan fingerprint density at radius 3 is 2.79 bits per heavy atom. The van der Waals surface area contributed by atoms with E-state index in [1.807, 2.05) is 0 Å². The number of hydrogen-bond acceptors (Lipinski definition) is 5. The molecular formula is C19H22FN3O3S2. The Labute approximate surface area is 168 Å². The van der Waals surface area contributed by atoms with Crippen LogP contribution in [-0.4, -0.2) is 49.6 Å². The van der Waals surface area contributed by atoms with Gasteiger partial charge in [0.05, 0.1) is 11.8 Å². The molecule has 28 heavy (non-hydrogen) atoms. The molecule has 0 spiro atoms. The highest BCUT2D eigenvalue weighted by molar-refractivity contribution is 7.98. The zero-order valence-corrected chi connectivity index (χ0v) is 17.1. The average Bonchev–Trinajstić information content (AvgIpc) is 2.66. The van der Waals surface area contributed by atoms with Crippen LogP contribution in [0.3, 0.4) is 0 Å². The van der Waals surface area contributed by atoms with E-state index in [1.165, 1.54) is 23.9 Å². The summed E-state index contributed by atoms with van der Waals surface area (Å²) in [5.41, 5.74) is 1.43. The quantitative estimate of drug-likeness (QED) is 0.723. The highest BCUT2D eigenvalue weighted by Crippen LogP contribution is 2.26. The fourth-order valence-corrected chi connectivity index (χ4v) is 4.87. The van der Waals surface area contributed by atoms with E-state index in [2.05, 4.69) is 9.71 Å². The van der Waals surface area contributed by atoms with Crippen LogP contribution in [0.1, 0.15) is 28.8 Å². The highest BCUT2D eigenvalue weighted by atomic mass is 32.2. The van der Waals surface area contributed by atoms with Gasteiger partial charge in [0.2, 0.25) is 10.0 Å². The molecule has 150 valence electrons. The summed E-state index contributed by atoms with van der Waals surface area (Å²) in [5.74, 6) is 0.120. The molecule has 0 bridgehead atoms. The molecule has 1 amide bonds. The van der Waals surface area contributed by atoms with Crippen molar-refractivity contribution in [3.05, 3.63) is 59.5 Å². The van der Waals surface area contributed by atoms with Gasteiger partial charge in [-0.05, 0) is 42.7 Å². The van der Waals surface area contributed by atoms with Crippen molar-refractivity contribution in [2.75, 3.05) is 19.3 Å². The van der Waals surface area contributed by atoms with Crippen molar-refractivity contribution in [1.82, 2.24) is 14.6 Å². The molecule has 0 radical (unpaired) electrons. The molecular weight excluding hydrogens is 401 g/mol. The number of amides is 1. The molecule has 1 atom stereocenters. The van der Waals surface area contributed by atoms with Gasteiger partial charge in [-0.15, -0.1) is 11.8 Å². The summed E-state index contributed by atoms with van der Waals surface area (Å²) in [6.45, 7) is 0.917. The number of sulfonamides is 1. The summed E-state index contributed by atoms with van der Waals surface area (Å²) in [6.07, 6.45) is 4.19. The van der Waals surface area contributed by atoms with E-state index in [9.17, 15) is 17.6 Å². The van der Waals surface area contributed by atoms with Crippen LogP contribution < -0.4 is 4.72 Å². The number of aromatic nitrogens is 1. The van der Waals surface area contributed by atoms with Crippen molar-refractivity contribution in [1.29, 1.82) is 0 Å². The summed E-state index contributed by atoms with van der Waals surface area (Å²) >= 11 is 1.42. The van der Waals surface area contributed by atoms with Gasteiger partial charge in [0, 0.05) is 31.1 Å². The Morgan fingerprint density at radius 1 is 1.32 bits per heavy atom. The molecule has 3 rings (SSSR count). The lowest BCUT2D eigenvalue weighted by atomic mass is 10.1. The highest BCUT2D eigenvalue weighted by Gasteiger charge is 2.27. The lowest BCUT2D eigenvalue weighted by Gasteiger charge is -2.33. The fourth-order valence-electron chi connectivity index (χ4n) is 3.13. The van der Waals surface area contributed by atoms with Gasteiger partial charge >= 0.3 is 0 Å². The van der Waals surface area contributed by atoms with Crippen LogP contribution in [0.15, 0.2) is 47.6 Å². The number of carbonyl (C=O) groups excluding carboxylic acids is 1. The van der Waals surface area contributed by atoms with Crippen LogP contribution in [-0.2, 0) is 15.8 Å². The smallest absolute Gasteiger partial charge is 0.256 e. The molecule has 0 aliphatic carbocycles. The maximum atomic E-state index is 13.0. The Bertz CT molecular complexity index is 936. The van der Waals surface area contributed by atoms with Gasteiger partial charge < -0.3 is 4.90 Å². The van der Waals surface area contributed by atoms with Crippen LogP contribution in [0.4, 0.5) is 4.39 Å². The van der Waals surface area contributed by atoms with Gasteiger partial charge in [0.15, 0.2) is 0 Å². The molecule has 1 N–H and O–H groups in total. The van der Waals surface area contributed by atoms with E-state index in [4.69, 9.17) is 0 Å². The maximum absolute atomic E-state index is 13.0. The molecule has 1 aromatic carbocycles. The maximum Gasteiger partial charge on any atom is 0.256 e. The fraction of sp³-hybridized carbons (Fsp3) is 0.368. The molecule has 0 saturated carbocycles. The summed E-state index contributed by atoms with van der Waals surface area (Å²) < 4.78 is 38.6. The Balaban J connectivity index is 1.70. The molecule has 2 aromatic rings. The average molecular weight is 424 g/mol. The molecule has 2 heterocycles. The summed E-state index contributed by atoms with van der Waals surface area (Å²) in [7, 11) is -3.32. The van der Waals surface area contributed by atoms with E-state index in [-0.39, 0.29) is 17.8 Å². The molecule has 1 aliphatic rings. The van der Waals surface area contributed by atoms with Crippen molar-refractivity contribution in [2.45, 2.75) is 29.7 Å². The predicted molar refractivity (Wildman–Crippen MR) is 107 cm³/mol. The van der Waals surface area contributed by atoms with Crippen molar-refractivity contribution >= 4 is 27.7 Å². The first-order valence-corrected chi connectivity index (χ1v) is 11.8. The zero-order chi connectivity index (χ0) is 20.1. The lowest BCUT2D eigenvalue weighted by Crippen LogP contribution is -2.49. The number of pyridine rings is 1. The van der Waals surface area contributed by atoms with E-state index >= 15 is 0 Å².